The lowest BCUT2D eigenvalue weighted by Gasteiger charge is -2.15. The molecule has 0 bridgehead atoms. The molecule has 1 aliphatic rings. The summed E-state index contributed by atoms with van der Waals surface area (Å²) in [4.78, 5) is 36.7. The van der Waals surface area contributed by atoms with Crippen LogP contribution in [0.5, 0.6) is 0 Å². The van der Waals surface area contributed by atoms with Gasteiger partial charge < -0.3 is 4.42 Å². The minimum Gasteiger partial charge on any atom is -0.395 e. The van der Waals surface area contributed by atoms with E-state index in [2.05, 4.69) is 15.0 Å². The van der Waals surface area contributed by atoms with E-state index in [1.807, 2.05) is 24.3 Å². The van der Waals surface area contributed by atoms with Crippen LogP contribution in [0.25, 0.3) is 0 Å². The van der Waals surface area contributed by atoms with Gasteiger partial charge in [-0.15, -0.1) is 0 Å². The Hall–Kier alpha value is -3.88. The van der Waals surface area contributed by atoms with E-state index in [1.165, 1.54) is 6.07 Å². The van der Waals surface area contributed by atoms with Gasteiger partial charge in [0, 0.05) is 18.0 Å². The van der Waals surface area contributed by atoms with E-state index in [4.69, 9.17) is 4.42 Å². The van der Waals surface area contributed by atoms with Crippen LogP contribution in [-0.2, 0) is 6.54 Å². The number of benzene rings is 1. The first-order valence-electron chi connectivity index (χ1n) is 7.63. The SMILES string of the molecule is O=C(N=C1c2ccccc2CN1c1ncccn1)c1ccc([N+](=O)[O-])o1. The maximum absolute atomic E-state index is 12.5. The molecule has 2 aromatic heterocycles. The molecular weight excluding hydrogens is 338 g/mol. The Labute approximate surface area is 146 Å². The van der Waals surface area contributed by atoms with Gasteiger partial charge >= 0.3 is 11.8 Å². The number of hydrogen-bond donors (Lipinski definition) is 0. The highest BCUT2D eigenvalue weighted by molar-refractivity contribution is 6.17. The Kier molecular flexibility index (Phi) is 3.73. The van der Waals surface area contributed by atoms with Crippen molar-refractivity contribution in [2.45, 2.75) is 6.54 Å². The molecule has 9 nitrogen and oxygen atoms in total. The summed E-state index contributed by atoms with van der Waals surface area (Å²) in [7, 11) is 0. The molecule has 1 amide bonds. The number of nitrogens with zero attached hydrogens (tertiary/aromatic N) is 5. The van der Waals surface area contributed by atoms with Crippen molar-refractivity contribution in [3.8, 4) is 0 Å². The van der Waals surface area contributed by atoms with Crippen LogP contribution in [0.3, 0.4) is 0 Å². The zero-order valence-electron chi connectivity index (χ0n) is 13.3. The van der Waals surface area contributed by atoms with Crippen molar-refractivity contribution in [2.75, 3.05) is 4.90 Å². The first-order valence-corrected chi connectivity index (χ1v) is 7.63. The summed E-state index contributed by atoms with van der Waals surface area (Å²) in [6.45, 7) is 0.463. The molecule has 1 aromatic carbocycles. The smallest absolute Gasteiger partial charge is 0.395 e. The number of fused-ring (bicyclic) bond motifs is 1. The van der Waals surface area contributed by atoms with E-state index in [0.29, 0.717) is 18.3 Å². The third-order valence-electron chi connectivity index (χ3n) is 3.83. The number of rotatable bonds is 3. The fourth-order valence-electron chi connectivity index (χ4n) is 2.68. The summed E-state index contributed by atoms with van der Waals surface area (Å²) in [5.41, 5.74) is 1.74. The van der Waals surface area contributed by atoms with Crippen LogP contribution < -0.4 is 4.90 Å². The molecular formula is C17H11N5O4. The summed E-state index contributed by atoms with van der Waals surface area (Å²) in [6, 6.07) is 11.5. The number of amides is 1. The van der Waals surface area contributed by atoms with E-state index in [-0.39, 0.29) is 5.76 Å². The van der Waals surface area contributed by atoms with E-state index < -0.39 is 16.7 Å². The Bertz CT molecular complexity index is 1030. The standard InChI is InChI=1S/C17H11N5O4/c23-16(13-6-7-14(26-13)22(24)25)20-15-12-5-2-1-4-11(12)10-21(15)17-18-8-3-9-19-17/h1-9H,10H2. The Morgan fingerprint density at radius 3 is 2.65 bits per heavy atom. The van der Waals surface area contributed by atoms with E-state index in [1.54, 1.807) is 23.4 Å². The van der Waals surface area contributed by atoms with Gasteiger partial charge in [-0.25, -0.2) is 9.97 Å². The summed E-state index contributed by atoms with van der Waals surface area (Å²) < 4.78 is 4.94. The molecule has 0 aliphatic carbocycles. The van der Waals surface area contributed by atoms with Crippen LogP contribution in [0.4, 0.5) is 11.8 Å². The highest BCUT2D eigenvalue weighted by atomic mass is 16.6. The molecule has 0 radical (unpaired) electrons. The van der Waals surface area contributed by atoms with E-state index in [9.17, 15) is 14.9 Å². The van der Waals surface area contributed by atoms with Crippen molar-refractivity contribution in [1.82, 2.24) is 9.97 Å². The summed E-state index contributed by atoms with van der Waals surface area (Å²) in [5, 5.41) is 10.7. The predicted molar refractivity (Wildman–Crippen MR) is 90.9 cm³/mol. The van der Waals surface area contributed by atoms with Crippen molar-refractivity contribution in [2.24, 2.45) is 4.99 Å². The fraction of sp³-hybridized carbons (Fsp3) is 0.0588. The molecule has 0 saturated heterocycles. The lowest BCUT2D eigenvalue weighted by molar-refractivity contribution is -0.402. The number of aromatic nitrogens is 2. The largest absolute Gasteiger partial charge is 0.433 e. The molecule has 0 fully saturated rings. The number of carbonyl (C=O) groups is 1. The molecule has 0 unspecified atom stereocenters. The molecule has 4 rings (SSSR count). The van der Waals surface area contributed by atoms with Gasteiger partial charge in [-0.2, -0.15) is 4.99 Å². The first kappa shape index (κ1) is 15.6. The molecule has 3 heterocycles. The molecule has 0 saturated carbocycles. The number of carbonyl (C=O) groups excluding carboxylic acids is 1. The zero-order valence-corrected chi connectivity index (χ0v) is 13.3. The van der Waals surface area contributed by atoms with Gasteiger partial charge in [0.15, 0.2) is 0 Å². The Morgan fingerprint density at radius 2 is 1.92 bits per heavy atom. The number of aliphatic imine (C=N–C) groups is 1. The second-order valence-electron chi connectivity index (χ2n) is 5.43. The van der Waals surface area contributed by atoms with Crippen molar-refractivity contribution in [3.63, 3.8) is 0 Å². The van der Waals surface area contributed by atoms with Gasteiger partial charge in [0.25, 0.3) is 0 Å². The lowest BCUT2D eigenvalue weighted by Crippen LogP contribution is -2.27. The van der Waals surface area contributed by atoms with Gasteiger partial charge in [0.2, 0.25) is 11.7 Å². The average Bonchev–Trinajstić information content (AvgIpc) is 3.28. The second-order valence-corrected chi connectivity index (χ2v) is 5.43. The molecule has 0 spiro atoms. The lowest BCUT2D eigenvalue weighted by atomic mass is 10.1. The maximum atomic E-state index is 12.5. The number of nitro groups is 1. The van der Waals surface area contributed by atoms with Crippen molar-refractivity contribution < 1.29 is 14.1 Å². The van der Waals surface area contributed by atoms with Gasteiger partial charge in [-0.3, -0.25) is 19.8 Å². The Balaban J connectivity index is 1.75. The van der Waals surface area contributed by atoms with Crippen LogP contribution in [-0.4, -0.2) is 26.6 Å². The number of hydrogen-bond acceptors (Lipinski definition) is 6. The fourth-order valence-corrected chi connectivity index (χ4v) is 2.68. The van der Waals surface area contributed by atoms with Gasteiger partial charge in [-0.05, 0) is 17.7 Å². The van der Waals surface area contributed by atoms with Crippen molar-refractivity contribution in [3.05, 3.63) is 81.9 Å². The van der Waals surface area contributed by atoms with Crippen LogP contribution in [0.1, 0.15) is 21.7 Å². The molecule has 0 atom stereocenters. The zero-order chi connectivity index (χ0) is 18.1. The monoisotopic (exact) mass is 349 g/mol. The van der Waals surface area contributed by atoms with Gasteiger partial charge in [0.1, 0.15) is 10.8 Å². The molecule has 0 N–H and O–H groups in total. The average molecular weight is 349 g/mol. The molecule has 26 heavy (non-hydrogen) atoms. The van der Waals surface area contributed by atoms with E-state index >= 15 is 0 Å². The van der Waals surface area contributed by atoms with Crippen molar-refractivity contribution >= 4 is 23.6 Å². The quantitative estimate of drug-likeness (QED) is 0.527. The Morgan fingerprint density at radius 1 is 1.15 bits per heavy atom. The highest BCUT2D eigenvalue weighted by Gasteiger charge is 2.29. The highest BCUT2D eigenvalue weighted by Crippen LogP contribution is 2.27. The number of amidine groups is 1. The minimum absolute atomic E-state index is 0.206. The summed E-state index contributed by atoms with van der Waals surface area (Å²) >= 11 is 0. The topological polar surface area (TPSA) is 115 Å². The molecule has 1 aliphatic heterocycles. The normalized spacial score (nSPS) is 14.5. The van der Waals surface area contributed by atoms with Gasteiger partial charge in [-0.1, -0.05) is 24.3 Å². The van der Waals surface area contributed by atoms with E-state index in [0.717, 1.165) is 17.2 Å². The molecule has 128 valence electrons. The predicted octanol–water partition coefficient (Wildman–Crippen LogP) is 2.59. The summed E-state index contributed by atoms with van der Waals surface area (Å²) in [5.74, 6) is -0.659. The second kappa shape index (κ2) is 6.20. The molecule has 9 heteroatoms. The van der Waals surface area contributed by atoms with Crippen LogP contribution in [0.15, 0.2) is 64.3 Å². The first-order chi connectivity index (χ1) is 12.6. The number of anilines is 1. The minimum atomic E-state index is -0.717. The third kappa shape index (κ3) is 2.71. The summed E-state index contributed by atoms with van der Waals surface area (Å²) in [6.07, 6.45) is 3.20. The van der Waals surface area contributed by atoms with Crippen LogP contribution in [0.2, 0.25) is 0 Å². The third-order valence-corrected chi connectivity index (χ3v) is 3.83. The van der Waals surface area contributed by atoms with Gasteiger partial charge in [0.05, 0.1) is 12.6 Å². The van der Waals surface area contributed by atoms with Crippen LogP contribution in [0, 0.1) is 10.1 Å². The number of furan rings is 1. The van der Waals surface area contributed by atoms with Crippen LogP contribution >= 0.6 is 0 Å². The maximum Gasteiger partial charge on any atom is 0.433 e. The molecule has 3 aromatic rings. The van der Waals surface area contributed by atoms with Crippen molar-refractivity contribution in [1.29, 1.82) is 0 Å².